The van der Waals surface area contributed by atoms with Crippen molar-refractivity contribution < 1.29 is 13.9 Å². The quantitative estimate of drug-likeness (QED) is 0.915. The zero-order valence-corrected chi connectivity index (χ0v) is 13.3. The minimum atomic E-state index is -0.272. The Morgan fingerprint density at radius 3 is 3.00 bits per heavy atom. The van der Waals surface area contributed by atoms with Crippen LogP contribution in [0.25, 0.3) is 0 Å². The fraction of sp³-hybridized carbons (Fsp3) is 0.500. The number of nitrogens with one attached hydrogen (secondary N) is 1. The van der Waals surface area contributed by atoms with Crippen molar-refractivity contribution in [2.45, 2.75) is 19.4 Å². The van der Waals surface area contributed by atoms with Gasteiger partial charge in [0, 0.05) is 18.1 Å². The Hall–Kier alpha value is -1.27. The Balaban J connectivity index is 2.01. The highest BCUT2D eigenvalue weighted by atomic mass is 79.9. The minimum absolute atomic E-state index is 0.105. The summed E-state index contributed by atoms with van der Waals surface area (Å²) in [5, 5.41) is 2.96. The van der Waals surface area contributed by atoms with Gasteiger partial charge in [-0.05, 0) is 25.5 Å². The van der Waals surface area contributed by atoms with Crippen LogP contribution in [-0.4, -0.2) is 37.7 Å². The molecule has 6 heteroatoms. The monoisotopic (exact) mass is 342 g/mol. The molecule has 5 nitrogen and oxygen atoms in total. The van der Waals surface area contributed by atoms with Crippen LogP contribution in [0.15, 0.2) is 27.1 Å². The lowest BCUT2D eigenvalue weighted by molar-refractivity contribution is 0.147. The van der Waals surface area contributed by atoms with Crippen LogP contribution < -0.4 is 5.32 Å². The number of carbonyl (C=O) groups excluding carboxylic acids is 1. The molecule has 110 valence electrons. The van der Waals surface area contributed by atoms with Gasteiger partial charge in [0.25, 0.3) is 0 Å². The van der Waals surface area contributed by atoms with Gasteiger partial charge in [0.15, 0.2) is 0 Å². The molecule has 0 saturated carbocycles. The highest BCUT2D eigenvalue weighted by molar-refractivity contribution is 9.11. The second-order valence-electron chi connectivity index (χ2n) is 4.77. The highest BCUT2D eigenvalue weighted by Crippen LogP contribution is 2.19. The molecule has 0 aromatic carbocycles. The predicted molar refractivity (Wildman–Crippen MR) is 79.8 cm³/mol. The van der Waals surface area contributed by atoms with Gasteiger partial charge in [-0.25, -0.2) is 4.79 Å². The van der Waals surface area contributed by atoms with E-state index in [-0.39, 0.29) is 12.1 Å². The molecule has 2 amide bonds. The van der Waals surface area contributed by atoms with Crippen molar-refractivity contribution in [2.24, 2.45) is 0 Å². The smallest absolute Gasteiger partial charge is 0.318 e. The predicted octanol–water partition coefficient (Wildman–Crippen LogP) is 2.97. The zero-order valence-electron chi connectivity index (χ0n) is 11.7. The Morgan fingerprint density at radius 2 is 2.40 bits per heavy atom. The summed E-state index contributed by atoms with van der Waals surface area (Å²) in [6.45, 7) is 3.58. The van der Waals surface area contributed by atoms with Crippen LogP contribution in [0.1, 0.15) is 24.0 Å². The van der Waals surface area contributed by atoms with Gasteiger partial charge in [-0.3, -0.25) is 0 Å². The molecule has 1 unspecified atom stereocenters. The summed E-state index contributed by atoms with van der Waals surface area (Å²) >= 11 is 3.44. The Bertz CT molecular complexity index is 498. The van der Waals surface area contributed by atoms with Crippen molar-refractivity contribution in [3.05, 3.63) is 34.2 Å². The topological polar surface area (TPSA) is 54.7 Å². The third-order valence-electron chi connectivity index (χ3n) is 3.13. The number of hydrogen-bond donors (Lipinski definition) is 1. The van der Waals surface area contributed by atoms with Crippen LogP contribution in [-0.2, 0) is 4.74 Å². The van der Waals surface area contributed by atoms with Crippen LogP contribution in [0.2, 0.25) is 0 Å². The van der Waals surface area contributed by atoms with Crippen molar-refractivity contribution in [3.63, 3.8) is 0 Å². The summed E-state index contributed by atoms with van der Waals surface area (Å²) in [5.74, 6) is 1.53. The van der Waals surface area contributed by atoms with E-state index in [4.69, 9.17) is 9.15 Å². The summed E-state index contributed by atoms with van der Waals surface area (Å²) in [5.41, 5.74) is 0. The molecule has 0 saturated heterocycles. The Morgan fingerprint density at radius 1 is 1.60 bits per heavy atom. The molecule has 1 aromatic rings. The van der Waals surface area contributed by atoms with Crippen molar-refractivity contribution in [2.75, 3.05) is 26.8 Å². The summed E-state index contributed by atoms with van der Waals surface area (Å²) < 4.78 is 11.8. The van der Waals surface area contributed by atoms with E-state index in [1.54, 1.807) is 12.0 Å². The number of hydrogen-bond acceptors (Lipinski definition) is 3. The lowest BCUT2D eigenvalue weighted by Gasteiger charge is -2.27. The van der Waals surface area contributed by atoms with Gasteiger partial charge in [0.05, 0.1) is 13.2 Å². The van der Waals surface area contributed by atoms with Gasteiger partial charge in [-0.15, -0.1) is 0 Å². The van der Waals surface area contributed by atoms with Crippen LogP contribution in [0.4, 0.5) is 4.79 Å². The first-order valence-electron chi connectivity index (χ1n) is 6.55. The molecule has 0 fully saturated rings. The number of amides is 2. The highest BCUT2D eigenvalue weighted by Gasteiger charge is 2.22. The first-order chi connectivity index (χ1) is 9.60. The maximum absolute atomic E-state index is 12.3. The van der Waals surface area contributed by atoms with Crippen LogP contribution >= 0.6 is 15.9 Å². The number of halogens is 1. The fourth-order valence-electron chi connectivity index (χ4n) is 2.12. The van der Waals surface area contributed by atoms with Crippen molar-refractivity contribution in [1.82, 2.24) is 10.2 Å². The van der Waals surface area contributed by atoms with E-state index in [0.29, 0.717) is 18.9 Å². The first kappa shape index (κ1) is 15.1. The van der Waals surface area contributed by atoms with Crippen LogP contribution in [0, 0.1) is 6.92 Å². The van der Waals surface area contributed by atoms with E-state index in [0.717, 1.165) is 23.2 Å². The lowest BCUT2D eigenvalue weighted by atomic mass is 10.2. The zero-order chi connectivity index (χ0) is 14.5. The van der Waals surface area contributed by atoms with Crippen molar-refractivity contribution in [1.29, 1.82) is 0 Å². The number of aryl methyl sites for hydroxylation is 1. The molecule has 1 aliphatic rings. The third kappa shape index (κ3) is 3.86. The molecule has 1 aromatic heterocycles. The summed E-state index contributed by atoms with van der Waals surface area (Å²) in [4.78, 5) is 14.0. The van der Waals surface area contributed by atoms with Crippen LogP contribution in [0.5, 0.6) is 0 Å². The maximum atomic E-state index is 12.3. The van der Waals surface area contributed by atoms with E-state index in [1.165, 1.54) is 0 Å². The molecular formula is C14H19BrN2O3. The average molecular weight is 343 g/mol. The third-order valence-corrected chi connectivity index (χ3v) is 3.70. The van der Waals surface area contributed by atoms with Gasteiger partial charge < -0.3 is 19.4 Å². The standard InChI is InChI=1S/C14H19BrN2O3/c1-10-5-6-13(20-10)12(9-19-2)16-14(18)17-7-3-4-11(15)8-17/h4-6,12H,3,7-9H2,1-2H3,(H,16,18). The van der Waals surface area contributed by atoms with Gasteiger partial charge >= 0.3 is 6.03 Å². The number of urea groups is 1. The van der Waals surface area contributed by atoms with Crippen molar-refractivity contribution >= 4 is 22.0 Å². The first-order valence-corrected chi connectivity index (χ1v) is 7.34. The average Bonchev–Trinajstić information content (AvgIpc) is 2.85. The maximum Gasteiger partial charge on any atom is 0.318 e. The Kier molecular flexibility index (Phi) is 5.25. The number of furan rings is 1. The molecule has 20 heavy (non-hydrogen) atoms. The Labute approximate surface area is 127 Å². The molecule has 2 heterocycles. The second kappa shape index (κ2) is 6.95. The molecule has 0 spiro atoms. The minimum Gasteiger partial charge on any atom is -0.464 e. The number of rotatable bonds is 4. The van der Waals surface area contributed by atoms with Gasteiger partial charge in [0.1, 0.15) is 17.6 Å². The molecular weight excluding hydrogens is 324 g/mol. The lowest BCUT2D eigenvalue weighted by Crippen LogP contribution is -2.44. The van der Waals surface area contributed by atoms with E-state index in [9.17, 15) is 4.79 Å². The fourth-order valence-corrected chi connectivity index (χ4v) is 2.65. The molecule has 0 radical (unpaired) electrons. The molecule has 1 aliphatic heterocycles. The van der Waals surface area contributed by atoms with Crippen molar-refractivity contribution in [3.8, 4) is 0 Å². The van der Waals surface area contributed by atoms with Gasteiger partial charge in [0.2, 0.25) is 0 Å². The van der Waals surface area contributed by atoms with E-state index in [1.807, 2.05) is 19.1 Å². The number of nitrogens with zero attached hydrogens (tertiary/aromatic N) is 1. The normalized spacial score (nSPS) is 16.8. The SMILES string of the molecule is COCC(NC(=O)N1CCC=C(Br)C1)c1ccc(C)o1. The number of ether oxygens (including phenoxy) is 1. The summed E-state index contributed by atoms with van der Waals surface area (Å²) in [6.07, 6.45) is 2.95. The molecule has 1 N–H and O–H groups in total. The number of methoxy groups -OCH3 is 1. The van der Waals surface area contributed by atoms with E-state index >= 15 is 0 Å². The van der Waals surface area contributed by atoms with E-state index in [2.05, 4.69) is 27.3 Å². The van der Waals surface area contributed by atoms with Crippen LogP contribution in [0.3, 0.4) is 0 Å². The summed E-state index contributed by atoms with van der Waals surface area (Å²) in [6, 6.07) is 3.37. The molecule has 0 bridgehead atoms. The van der Waals surface area contributed by atoms with Gasteiger partial charge in [-0.1, -0.05) is 22.0 Å². The molecule has 2 rings (SSSR count). The van der Waals surface area contributed by atoms with E-state index < -0.39 is 0 Å². The molecule has 0 aliphatic carbocycles. The molecule has 1 atom stereocenters. The summed E-state index contributed by atoms with van der Waals surface area (Å²) in [7, 11) is 1.61. The number of carbonyl (C=O) groups is 1. The van der Waals surface area contributed by atoms with Gasteiger partial charge in [-0.2, -0.15) is 0 Å². The largest absolute Gasteiger partial charge is 0.464 e. The second-order valence-corrected chi connectivity index (χ2v) is 5.79.